The smallest absolute Gasteiger partial charge is 0.308 e. The molecular weight excluding hydrogens is 342 g/mol. The SMILES string of the molecule is O=C(O)C1CCCCCC1Nc1ncc([N+](=O)[O-])cc1Br. The van der Waals surface area contributed by atoms with Crippen molar-refractivity contribution in [2.75, 3.05) is 5.32 Å². The summed E-state index contributed by atoms with van der Waals surface area (Å²) in [6, 6.07) is 1.15. The highest BCUT2D eigenvalue weighted by Crippen LogP contribution is 2.30. The average molecular weight is 358 g/mol. The molecule has 1 aromatic rings. The van der Waals surface area contributed by atoms with Gasteiger partial charge in [0.2, 0.25) is 0 Å². The van der Waals surface area contributed by atoms with Crippen LogP contribution in [-0.4, -0.2) is 27.0 Å². The zero-order valence-electron chi connectivity index (χ0n) is 11.3. The summed E-state index contributed by atoms with van der Waals surface area (Å²) in [6.45, 7) is 0. The van der Waals surface area contributed by atoms with Crippen LogP contribution in [0.15, 0.2) is 16.7 Å². The van der Waals surface area contributed by atoms with Crippen LogP contribution in [0.2, 0.25) is 0 Å². The monoisotopic (exact) mass is 357 g/mol. The molecule has 21 heavy (non-hydrogen) atoms. The molecule has 2 N–H and O–H groups in total. The van der Waals surface area contributed by atoms with Crippen LogP contribution in [-0.2, 0) is 4.79 Å². The minimum Gasteiger partial charge on any atom is -0.481 e. The Morgan fingerprint density at radius 1 is 1.43 bits per heavy atom. The van der Waals surface area contributed by atoms with E-state index in [0.29, 0.717) is 16.7 Å². The van der Waals surface area contributed by atoms with Crippen LogP contribution in [0.25, 0.3) is 0 Å². The maximum atomic E-state index is 11.4. The highest BCUT2D eigenvalue weighted by Gasteiger charge is 2.30. The van der Waals surface area contributed by atoms with Gasteiger partial charge in [0.15, 0.2) is 0 Å². The highest BCUT2D eigenvalue weighted by atomic mass is 79.9. The summed E-state index contributed by atoms with van der Waals surface area (Å²) in [5.74, 6) is -0.831. The molecule has 8 heteroatoms. The van der Waals surface area contributed by atoms with Crippen LogP contribution < -0.4 is 5.32 Å². The number of rotatable bonds is 4. The third-order valence-electron chi connectivity index (χ3n) is 3.69. The molecule has 0 amide bonds. The summed E-state index contributed by atoms with van der Waals surface area (Å²) in [7, 11) is 0. The van der Waals surface area contributed by atoms with Crippen LogP contribution >= 0.6 is 15.9 Å². The predicted molar refractivity (Wildman–Crippen MR) is 80.2 cm³/mol. The molecule has 1 heterocycles. The van der Waals surface area contributed by atoms with Gasteiger partial charge in [-0.25, -0.2) is 4.98 Å². The van der Waals surface area contributed by atoms with Crippen molar-refractivity contribution < 1.29 is 14.8 Å². The number of hydrogen-bond acceptors (Lipinski definition) is 5. The first-order valence-electron chi connectivity index (χ1n) is 6.78. The number of aliphatic carboxylic acids is 1. The number of nitrogens with one attached hydrogen (secondary N) is 1. The fraction of sp³-hybridized carbons (Fsp3) is 0.538. The predicted octanol–water partition coefficient (Wildman–Crippen LogP) is 3.20. The van der Waals surface area contributed by atoms with Crippen molar-refractivity contribution in [2.45, 2.75) is 38.1 Å². The van der Waals surface area contributed by atoms with Crippen molar-refractivity contribution in [3.8, 4) is 0 Å². The first-order chi connectivity index (χ1) is 9.99. The normalized spacial score (nSPS) is 22.3. The Hall–Kier alpha value is -1.70. The number of halogens is 1. The number of pyridine rings is 1. The second-order valence-electron chi connectivity index (χ2n) is 5.11. The van der Waals surface area contributed by atoms with Crippen molar-refractivity contribution in [3.63, 3.8) is 0 Å². The topological polar surface area (TPSA) is 105 Å². The summed E-state index contributed by atoms with van der Waals surface area (Å²) in [4.78, 5) is 25.6. The van der Waals surface area contributed by atoms with Crippen molar-refractivity contribution in [1.82, 2.24) is 4.98 Å². The van der Waals surface area contributed by atoms with Crippen molar-refractivity contribution >= 4 is 33.4 Å². The third kappa shape index (κ3) is 3.90. The van der Waals surface area contributed by atoms with E-state index in [4.69, 9.17) is 0 Å². The lowest BCUT2D eigenvalue weighted by molar-refractivity contribution is -0.385. The van der Waals surface area contributed by atoms with Crippen LogP contribution in [0.1, 0.15) is 32.1 Å². The van der Waals surface area contributed by atoms with E-state index in [0.717, 1.165) is 25.7 Å². The third-order valence-corrected chi connectivity index (χ3v) is 4.30. The van der Waals surface area contributed by atoms with E-state index in [-0.39, 0.29) is 11.7 Å². The van der Waals surface area contributed by atoms with Gasteiger partial charge in [-0.2, -0.15) is 0 Å². The first-order valence-corrected chi connectivity index (χ1v) is 7.57. The van der Waals surface area contributed by atoms with E-state index in [2.05, 4.69) is 26.2 Å². The molecule has 2 rings (SSSR count). The Morgan fingerprint density at radius 3 is 2.76 bits per heavy atom. The minimum atomic E-state index is -0.813. The van der Waals surface area contributed by atoms with E-state index in [9.17, 15) is 20.0 Å². The lowest BCUT2D eigenvalue weighted by atomic mass is 9.95. The molecule has 0 aromatic carbocycles. The van der Waals surface area contributed by atoms with E-state index < -0.39 is 16.8 Å². The van der Waals surface area contributed by atoms with Crippen molar-refractivity contribution in [1.29, 1.82) is 0 Å². The Bertz CT molecular complexity index is 552. The Kier molecular flexibility index (Phi) is 5.11. The van der Waals surface area contributed by atoms with Gasteiger partial charge in [-0.1, -0.05) is 19.3 Å². The van der Waals surface area contributed by atoms with Gasteiger partial charge in [-0.3, -0.25) is 14.9 Å². The summed E-state index contributed by atoms with van der Waals surface area (Å²) < 4.78 is 0.463. The molecule has 7 nitrogen and oxygen atoms in total. The zero-order valence-corrected chi connectivity index (χ0v) is 12.9. The van der Waals surface area contributed by atoms with E-state index >= 15 is 0 Å². The summed E-state index contributed by atoms with van der Waals surface area (Å²) in [5, 5.41) is 23.1. The molecule has 0 bridgehead atoms. The average Bonchev–Trinajstić information content (AvgIpc) is 2.66. The van der Waals surface area contributed by atoms with Gasteiger partial charge >= 0.3 is 5.97 Å². The number of anilines is 1. The Balaban J connectivity index is 2.18. The molecule has 0 saturated heterocycles. The molecule has 2 unspecified atom stereocenters. The fourth-order valence-corrected chi connectivity index (χ4v) is 3.04. The second kappa shape index (κ2) is 6.84. The first kappa shape index (κ1) is 15.7. The molecule has 1 aromatic heterocycles. The van der Waals surface area contributed by atoms with E-state index in [1.807, 2.05) is 0 Å². The van der Waals surface area contributed by atoms with Crippen LogP contribution in [0.4, 0.5) is 11.5 Å². The maximum absolute atomic E-state index is 11.4. The number of aromatic nitrogens is 1. The lowest BCUT2D eigenvalue weighted by Gasteiger charge is -2.23. The van der Waals surface area contributed by atoms with Gasteiger partial charge in [0, 0.05) is 12.1 Å². The van der Waals surface area contributed by atoms with Gasteiger partial charge in [0.25, 0.3) is 5.69 Å². The van der Waals surface area contributed by atoms with E-state index in [1.165, 1.54) is 12.3 Å². The van der Waals surface area contributed by atoms with Gasteiger partial charge < -0.3 is 10.4 Å². The molecule has 1 saturated carbocycles. The molecule has 0 aliphatic heterocycles. The molecule has 1 aliphatic rings. The molecule has 1 fully saturated rings. The number of carboxylic acid groups (broad SMARTS) is 1. The van der Waals surface area contributed by atoms with Gasteiger partial charge in [0.05, 0.1) is 15.3 Å². The van der Waals surface area contributed by atoms with Crippen molar-refractivity contribution in [2.24, 2.45) is 5.92 Å². The van der Waals surface area contributed by atoms with Gasteiger partial charge in [-0.15, -0.1) is 0 Å². The van der Waals surface area contributed by atoms with Crippen molar-refractivity contribution in [3.05, 3.63) is 26.9 Å². The number of nitrogens with zero attached hydrogens (tertiary/aromatic N) is 2. The molecule has 1 aliphatic carbocycles. The quantitative estimate of drug-likeness (QED) is 0.486. The zero-order chi connectivity index (χ0) is 15.4. The Labute approximate surface area is 130 Å². The summed E-state index contributed by atoms with van der Waals surface area (Å²) in [6.07, 6.45) is 5.45. The largest absolute Gasteiger partial charge is 0.481 e. The summed E-state index contributed by atoms with van der Waals surface area (Å²) in [5.41, 5.74) is -0.108. The van der Waals surface area contributed by atoms with Crippen LogP contribution in [0, 0.1) is 16.0 Å². The number of carboxylic acids is 1. The number of hydrogen-bond donors (Lipinski definition) is 2. The summed E-state index contributed by atoms with van der Waals surface area (Å²) >= 11 is 3.24. The molecule has 2 atom stereocenters. The number of nitro groups is 1. The van der Waals surface area contributed by atoms with Gasteiger partial charge in [-0.05, 0) is 28.8 Å². The number of carbonyl (C=O) groups is 1. The minimum absolute atomic E-state index is 0.108. The maximum Gasteiger partial charge on any atom is 0.308 e. The van der Waals surface area contributed by atoms with Crippen LogP contribution in [0.3, 0.4) is 0 Å². The van der Waals surface area contributed by atoms with E-state index in [1.54, 1.807) is 0 Å². The standard InChI is InChI=1S/C13H16BrN3O4/c14-10-6-8(17(20)21)7-15-12(10)16-11-5-3-1-2-4-9(11)13(18)19/h6-7,9,11H,1-5H2,(H,15,16)(H,18,19). The van der Waals surface area contributed by atoms with Crippen LogP contribution in [0.5, 0.6) is 0 Å². The molecular formula is C13H16BrN3O4. The Morgan fingerprint density at radius 2 is 2.14 bits per heavy atom. The molecule has 0 radical (unpaired) electrons. The molecule has 114 valence electrons. The fourth-order valence-electron chi connectivity index (χ4n) is 2.59. The lowest BCUT2D eigenvalue weighted by Crippen LogP contribution is -2.34. The second-order valence-corrected chi connectivity index (χ2v) is 5.97. The molecule has 0 spiro atoms. The van der Waals surface area contributed by atoms with Gasteiger partial charge in [0.1, 0.15) is 12.0 Å². The highest BCUT2D eigenvalue weighted by molar-refractivity contribution is 9.10.